The molecule has 0 bridgehead atoms. The van der Waals surface area contributed by atoms with E-state index in [1.807, 2.05) is 13.0 Å². The number of amides is 1. The summed E-state index contributed by atoms with van der Waals surface area (Å²) in [6.07, 6.45) is 0.657. The monoisotopic (exact) mass is 398 g/mol. The lowest BCUT2D eigenvalue weighted by molar-refractivity contribution is -0.384. The maximum Gasteiger partial charge on any atom is 0.336 e. The van der Waals surface area contributed by atoms with Gasteiger partial charge in [-0.2, -0.15) is 5.26 Å². The molecule has 1 aromatic rings. The molecule has 0 fully saturated rings. The van der Waals surface area contributed by atoms with E-state index in [0.717, 1.165) is 0 Å². The minimum absolute atomic E-state index is 0.0201. The first-order valence-electron chi connectivity index (χ1n) is 9.05. The van der Waals surface area contributed by atoms with E-state index in [1.54, 1.807) is 24.1 Å². The summed E-state index contributed by atoms with van der Waals surface area (Å²) in [5.41, 5.74) is 2.55. The summed E-state index contributed by atoms with van der Waals surface area (Å²) in [7, 11) is 3.23. The van der Waals surface area contributed by atoms with Gasteiger partial charge in [-0.25, -0.2) is 4.79 Å². The fourth-order valence-electron chi connectivity index (χ4n) is 3.27. The molecule has 1 aliphatic heterocycles. The Hall–Kier alpha value is -3.67. The molecule has 0 radical (unpaired) electrons. The molecule has 2 rings (SSSR count). The average Bonchev–Trinajstić information content (AvgIpc) is 2.72. The van der Waals surface area contributed by atoms with Gasteiger partial charge in [0.05, 0.1) is 28.7 Å². The number of esters is 1. The summed E-state index contributed by atoms with van der Waals surface area (Å²) in [4.78, 5) is 37.3. The maximum absolute atomic E-state index is 12.6. The average molecular weight is 398 g/mol. The Morgan fingerprint density at radius 2 is 1.97 bits per heavy atom. The number of nitriles is 1. The molecule has 1 aromatic carbocycles. The van der Waals surface area contributed by atoms with Crippen molar-refractivity contribution in [2.75, 3.05) is 20.7 Å². The number of non-ortho nitro benzene ring substituents is 1. The maximum atomic E-state index is 12.6. The Bertz CT molecular complexity index is 925. The van der Waals surface area contributed by atoms with Crippen LogP contribution in [0, 0.1) is 21.4 Å². The molecule has 0 atom stereocenters. The smallest absolute Gasteiger partial charge is 0.336 e. The van der Waals surface area contributed by atoms with Gasteiger partial charge in [0, 0.05) is 43.9 Å². The van der Waals surface area contributed by atoms with E-state index in [2.05, 4.69) is 5.32 Å². The quantitative estimate of drug-likeness (QED) is 0.324. The lowest BCUT2D eigenvalue weighted by Crippen LogP contribution is -2.32. The van der Waals surface area contributed by atoms with Gasteiger partial charge in [-0.15, -0.1) is 0 Å². The number of rotatable bonds is 7. The molecule has 152 valence electrons. The molecule has 0 saturated carbocycles. The molecule has 0 saturated heterocycles. The number of hydrogen-bond donors (Lipinski definition) is 1. The summed E-state index contributed by atoms with van der Waals surface area (Å²) >= 11 is 0. The van der Waals surface area contributed by atoms with Crippen LogP contribution in [0.2, 0.25) is 0 Å². The van der Waals surface area contributed by atoms with E-state index in [9.17, 15) is 19.7 Å². The zero-order valence-electron chi connectivity index (χ0n) is 16.5. The lowest BCUT2D eigenvalue weighted by atomic mass is 9.91. The van der Waals surface area contributed by atoms with Crippen LogP contribution in [-0.4, -0.2) is 42.4 Å². The zero-order valence-corrected chi connectivity index (χ0v) is 16.5. The van der Waals surface area contributed by atoms with Crippen LogP contribution in [0.4, 0.5) is 5.69 Å². The lowest BCUT2D eigenvalue weighted by Gasteiger charge is -2.33. The molecule has 0 aliphatic carbocycles. The van der Waals surface area contributed by atoms with Crippen LogP contribution >= 0.6 is 0 Å². The Morgan fingerprint density at radius 1 is 1.31 bits per heavy atom. The van der Waals surface area contributed by atoms with Crippen molar-refractivity contribution in [1.29, 1.82) is 5.26 Å². The van der Waals surface area contributed by atoms with Crippen molar-refractivity contribution in [3.63, 3.8) is 0 Å². The molecular weight excluding hydrogens is 376 g/mol. The van der Waals surface area contributed by atoms with E-state index in [4.69, 9.17) is 10.00 Å². The molecular formula is C20H22N4O5. The van der Waals surface area contributed by atoms with E-state index >= 15 is 0 Å². The van der Waals surface area contributed by atoms with Crippen LogP contribution in [0.15, 0.2) is 41.1 Å². The van der Waals surface area contributed by atoms with Gasteiger partial charge >= 0.3 is 5.97 Å². The van der Waals surface area contributed by atoms with Gasteiger partial charge in [-0.3, -0.25) is 14.9 Å². The van der Waals surface area contributed by atoms with Crippen LogP contribution in [0.5, 0.6) is 0 Å². The summed E-state index contributed by atoms with van der Waals surface area (Å²) in [6, 6.07) is 7.82. The van der Waals surface area contributed by atoms with Gasteiger partial charge in [0.2, 0.25) is 5.91 Å². The van der Waals surface area contributed by atoms with Crippen LogP contribution in [0.25, 0.3) is 5.70 Å². The molecule has 0 aromatic heterocycles. The molecule has 1 aliphatic rings. The number of allylic oxidation sites excluding steroid dienone is 1. The fourth-order valence-corrected chi connectivity index (χ4v) is 3.27. The first-order valence-corrected chi connectivity index (χ1v) is 9.05. The minimum atomic E-state index is -0.562. The molecule has 1 amide bonds. The number of likely N-dealkylation sites (N-methyl/N-ethyl adjacent to an activating group) is 1. The zero-order chi connectivity index (χ0) is 21.6. The van der Waals surface area contributed by atoms with E-state index < -0.39 is 10.9 Å². The van der Waals surface area contributed by atoms with Gasteiger partial charge in [0.1, 0.15) is 6.61 Å². The SMILES string of the molecule is CCC1=C(C(=O)OCCC#N)CC(C(=O)NC)=C(c2ccc([N+](=O)[O-])cc2)N1C. The summed E-state index contributed by atoms with van der Waals surface area (Å²) in [6.45, 7) is 1.86. The predicted molar refractivity (Wildman–Crippen MR) is 105 cm³/mol. The van der Waals surface area contributed by atoms with Crippen molar-refractivity contribution >= 4 is 23.3 Å². The number of nitro groups is 1. The Balaban J connectivity index is 2.51. The van der Waals surface area contributed by atoms with Crippen LogP contribution in [-0.2, 0) is 14.3 Å². The summed E-state index contributed by atoms with van der Waals surface area (Å²) < 4.78 is 5.17. The second-order valence-corrected chi connectivity index (χ2v) is 6.27. The molecule has 9 nitrogen and oxygen atoms in total. The number of benzene rings is 1. The summed E-state index contributed by atoms with van der Waals surface area (Å²) in [5, 5.41) is 22.1. The fraction of sp³-hybridized carbons (Fsp3) is 0.350. The predicted octanol–water partition coefficient (Wildman–Crippen LogP) is 2.51. The van der Waals surface area contributed by atoms with Gasteiger partial charge in [-0.1, -0.05) is 6.92 Å². The molecule has 1 heterocycles. The Morgan fingerprint density at radius 3 is 2.48 bits per heavy atom. The standard InChI is InChI=1S/C20H22N4O5/c1-4-17-15(20(26)29-11-5-10-21)12-16(19(25)22-2)18(23(17)3)13-6-8-14(9-7-13)24(27)28/h6-9H,4-5,11-12H2,1-3H3,(H,22,25). The van der Waals surface area contributed by atoms with E-state index in [1.165, 1.54) is 19.2 Å². The minimum Gasteiger partial charge on any atom is -0.461 e. The second-order valence-electron chi connectivity index (χ2n) is 6.27. The molecule has 9 heteroatoms. The van der Waals surface area contributed by atoms with Crippen LogP contribution in [0.1, 0.15) is 31.7 Å². The topological polar surface area (TPSA) is 126 Å². The highest BCUT2D eigenvalue weighted by Gasteiger charge is 2.32. The van der Waals surface area contributed by atoms with Crippen molar-refractivity contribution in [1.82, 2.24) is 10.2 Å². The Labute approximate surface area is 168 Å². The van der Waals surface area contributed by atoms with Crippen molar-refractivity contribution < 1.29 is 19.2 Å². The molecule has 1 N–H and O–H groups in total. The number of ether oxygens (including phenoxy) is 1. The summed E-state index contributed by atoms with van der Waals surface area (Å²) in [5.74, 6) is -0.921. The second kappa shape index (κ2) is 9.50. The molecule has 0 unspecified atom stereocenters. The number of carbonyl (C=O) groups is 2. The van der Waals surface area contributed by atoms with Crippen LogP contribution in [0.3, 0.4) is 0 Å². The largest absolute Gasteiger partial charge is 0.461 e. The van der Waals surface area contributed by atoms with Crippen molar-refractivity contribution in [2.45, 2.75) is 26.2 Å². The van der Waals surface area contributed by atoms with E-state index in [-0.39, 0.29) is 31.0 Å². The van der Waals surface area contributed by atoms with Crippen molar-refractivity contribution in [3.8, 4) is 6.07 Å². The third-order valence-electron chi connectivity index (χ3n) is 4.61. The first-order chi connectivity index (χ1) is 13.8. The Kier molecular flexibility index (Phi) is 7.09. The van der Waals surface area contributed by atoms with Crippen LogP contribution < -0.4 is 5.32 Å². The van der Waals surface area contributed by atoms with E-state index in [0.29, 0.717) is 34.5 Å². The number of nitrogens with one attached hydrogen (secondary N) is 1. The number of hydrogen-bond acceptors (Lipinski definition) is 7. The molecule has 29 heavy (non-hydrogen) atoms. The van der Waals surface area contributed by atoms with Gasteiger partial charge in [0.15, 0.2) is 0 Å². The normalized spacial score (nSPS) is 13.8. The number of nitro benzene ring substituents is 1. The highest BCUT2D eigenvalue weighted by molar-refractivity contribution is 6.05. The van der Waals surface area contributed by atoms with Gasteiger partial charge < -0.3 is 15.0 Å². The highest BCUT2D eigenvalue weighted by atomic mass is 16.6. The van der Waals surface area contributed by atoms with Crippen molar-refractivity contribution in [3.05, 3.63) is 56.8 Å². The first kappa shape index (κ1) is 21.6. The third kappa shape index (κ3) is 4.60. The number of carbonyl (C=O) groups excluding carboxylic acids is 2. The highest BCUT2D eigenvalue weighted by Crippen LogP contribution is 2.37. The van der Waals surface area contributed by atoms with Gasteiger partial charge in [0.25, 0.3) is 5.69 Å². The number of nitrogens with zero attached hydrogens (tertiary/aromatic N) is 3. The van der Waals surface area contributed by atoms with Gasteiger partial charge in [-0.05, 0) is 24.1 Å². The van der Waals surface area contributed by atoms with Crippen molar-refractivity contribution in [2.24, 2.45) is 0 Å². The third-order valence-corrected chi connectivity index (χ3v) is 4.61. The molecule has 0 spiro atoms.